The van der Waals surface area contributed by atoms with Gasteiger partial charge < -0.3 is 15.6 Å². The van der Waals surface area contributed by atoms with Crippen molar-refractivity contribution in [3.8, 4) is 0 Å². The zero-order chi connectivity index (χ0) is 18.1. The smallest absolute Gasteiger partial charge is 0.356 e. The van der Waals surface area contributed by atoms with Crippen LogP contribution >= 0.6 is 0 Å². The second kappa shape index (κ2) is 6.45. The predicted molar refractivity (Wildman–Crippen MR) is 88.6 cm³/mol. The summed E-state index contributed by atoms with van der Waals surface area (Å²) < 4.78 is 6.55. The van der Waals surface area contributed by atoms with Crippen molar-refractivity contribution in [3.63, 3.8) is 0 Å². The maximum Gasteiger partial charge on any atom is 0.356 e. The Bertz CT molecular complexity index is 801. The van der Waals surface area contributed by atoms with Crippen molar-refractivity contribution < 1.29 is 24.2 Å². The molecule has 0 saturated heterocycles. The molecule has 0 amide bonds. The van der Waals surface area contributed by atoms with E-state index in [2.05, 4.69) is 0 Å². The summed E-state index contributed by atoms with van der Waals surface area (Å²) in [6, 6.07) is 5.66. The summed E-state index contributed by atoms with van der Waals surface area (Å²) in [5, 5.41) is 9.68. The average Bonchev–Trinajstić information content (AvgIpc) is 2.79. The van der Waals surface area contributed by atoms with Gasteiger partial charge in [-0.25, -0.2) is 4.79 Å². The normalized spacial score (nSPS) is 12.8. The van der Waals surface area contributed by atoms with Crippen molar-refractivity contribution in [2.45, 2.75) is 38.8 Å². The topological polar surface area (TPSA) is 112 Å². The standard InChI is InChI=1S/C17H20N2O5/c1-17(2,3)24-16(23)14-11(8-12(18)15(21)22)10-6-4-5-7-13(10)19(14)9-20/h4-7,9,12H,8,18H2,1-3H3,(H,21,22)/t12-/m1/s1. The molecule has 0 aliphatic heterocycles. The van der Waals surface area contributed by atoms with Crippen LogP contribution in [0, 0.1) is 0 Å². The van der Waals surface area contributed by atoms with E-state index >= 15 is 0 Å². The third-order valence-corrected chi connectivity index (χ3v) is 3.45. The number of nitrogens with zero attached hydrogens (tertiary/aromatic N) is 1. The van der Waals surface area contributed by atoms with E-state index in [-0.39, 0.29) is 12.1 Å². The number of hydrogen-bond donors (Lipinski definition) is 2. The monoisotopic (exact) mass is 332 g/mol. The van der Waals surface area contributed by atoms with Crippen molar-refractivity contribution >= 4 is 29.3 Å². The van der Waals surface area contributed by atoms with Crippen LogP contribution in [0.2, 0.25) is 0 Å². The lowest BCUT2D eigenvalue weighted by atomic mass is 10.0. The summed E-state index contributed by atoms with van der Waals surface area (Å²) in [6.07, 6.45) is 0.419. The Morgan fingerprint density at radius 1 is 1.33 bits per heavy atom. The first kappa shape index (κ1) is 17.7. The molecular formula is C17H20N2O5. The van der Waals surface area contributed by atoms with Crippen LogP contribution in [-0.4, -0.2) is 39.7 Å². The zero-order valence-corrected chi connectivity index (χ0v) is 13.8. The van der Waals surface area contributed by atoms with Crippen molar-refractivity contribution in [2.75, 3.05) is 0 Å². The fourth-order valence-electron chi connectivity index (χ4n) is 2.50. The number of carbonyl (C=O) groups excluding carboxylic acids is 2. The lowest BCUT2D eigenvalue weighted by Crippen LogP contribution is -2.33. The van der Waals surface area contributed by atoms with Gasteiger partial charge in [-0.2, -0.15) is 0 Å². The molecule has 2 aromatic rings. The van der Waals surface area contributed by atoms with Gasteiger partial charge in [-0.05, 0) is 32.4 Å². The minimum atomic E-state index is -1.20. The summed E-state index contributed by atoms with van der Waals surface area (Å²) in [6.45, 7) is 5.13. The molecule has 1 aromatic carbocycles. The third kappa shape index (κ3) is 3.46. The Balaban J connectivity index is 2.68. The summed E-state index contributed by atoms with van der Waals surface area (Å²) in [7, 11) is 0. The highest BCUT2D eigenvalue weighted by molar-refractivity contribution is 6.03. The molecule has 24 heavy (non-hydrogen) atoms. The molecule has 0 fully saturated rings. The van der Waals surface area contributed by atoms with Gasteiger partial charge in [0.1, 0.15) is 17.3 Å². The van der Waals surface area contributed by atoms with E-state index in [0.717, 1.165) is 0 Å². The van der Waals surface area contributed by atoms with Crippen LogP contribution in [0.5, 0.6) is 0 Å². The SMILES string of the molecule is CC(C)(C)OC(=O)c1c(C[C@@H](N)C(=O)O)c2ccccc2n1C=O. The van der Waals surface area contributed by atoms with E-state index in [1.165, 1.54) is 4.57 Å². The summed E-state index contributed by atoms with van der Waals surface area (Å²) in [5.41, 5.74) is 5.78. The van der Waals surface area contributed by atoms with Gasteiger partial charge in [0.15, 0.2) is 0 Å². The minimum absolute atomic E-state index is 0.0119. The molecule has 1 aromatic heterocycles. The van der Waals surface area contributed by atoms with E-state index in [9.17, 15) is 14.4 Å². The lowest BCUT2D eigenvalue weighted by molar-refractivity contribution is -0.138. The number of hydrogen-bond acceptors (Lipinski definition) is 5. The number of benzene rings is 1. The van der Waals surface area contributed by atoms with Crippen molar-refractivity contribution in [1.29, 1.82) is 0 Å². The summed E-state index contributed by atoms with van der Waals surface area (Å²) in [5.74, 6) is -1.88. The molecule has 0 unspecified atom stereocenters. The van der Waals surface area contributed by atoms with Crippen molar-refractivity contribution in [1.82, 2.24) is 4.57 Å². The number of nitrogens with two attached hydrogens (primary N) is 1. The van der Waals surface area contributed by atoms with Gasteiger partial charge in [-0.3, -0.25) is 14.2 Å². The van der Waals surface area contributed by atoms with Gasteiger partial charge in [-0.15, -0.1) is 0 Å². The average molecular weight is 332 g/mol. The molecule has 0 bridgehead atoms. The molecule has 0 radical (unpaired) electrons. The van der Waals surface area contributed by atoms with Crippen molar-refractivity contribution in [2.24, 2.45) is 5.73 Å². The van der Waals surface area contributed by atoms with Gasteiger partial charge in [0.2, 0.25) is 6.41 Å². The number of fused-ring (bicyclic) bond motifs is 1. The summed E-state index contributed by atoms with van der Waals surface area (Å²) in [4.78, 5) is 35.3. The Labute approximate surface area is 139 Å². The van der Waals surface area contributed by atoms with E-state index in [1.54, 1.807) is 45.0 Å². The molecule has 1 atom stereocenters. The number of rotatable bonds is 5. The van der Waals surface area contributed by atoms with Crippen LogP contribution in [0.1, 0.15) is 36.8 Å². The summed E-state index contributed by atoms with van der Waals surface area (Å²) >= 11 is 0. The first-order valence-corrected chi connectivity index (χ1v) is 7.44. The number of para-hydroxylation sites is 1. The molecule has 0 saturated carbocycles. The maximum atomic E-state index is 12.6. The minimum Gasteiger partial charge on any atom is -0.480 e. The number of aromatic nitrogens is 1. The Morgan fingerprint density at radius 2 is 1.96 bits per heavy atom. The van der Waals surface area contributed by atoms with E-state index in [4.69, 9.17) is 15.6 Å². The maximum absolute atomic E-state index is 12.6. The predicted octanol–water partition coefficient (Wildman–Crippen LogP) is 1.59. The number of carbonyl (C=O) groups is 3. The molecule has 2 rings (SSSR count). The molecule has 0 aliphatic carbocycles. The second-order valence-electron chi connectivity index (χ2n) is 6.47. The Hall–Kier alpha value is -2.67. The van der Waals surface area contributed by atoms with Gasteiger partial charge in [0.05, 0.1) is 5.52 Å². The van der Waals surface area contributed by atoms with E-state index in [0.29, 0.717) is 22.9 Å². The first-order valence-electron chi connectivity index (χ1n) is 7.44. The molecule has 7 nitrogen and oxygen atoms in total. The Kier molecular flexibility index (Phi) is 4.75. The Morgan fingerprint density at radius 3 is 2.50 bits per heavy atom. The molecule has 0 aliphatic rings. The van der Waals surface area contributed by atoms with Crippen LogP contribution < -0.4 is 5.73 Å². The number of ether oxygens (including phenoxy) is 1. The van der Waals surface area contributed by atoms with Gasteiger partial charge in [0.25, 0.3) is 0 Å². The highest BCUT2D eigenvalue weighted by Crippen LogP contribution is 2.28. The number of esters is 1. The third-order valence-electron chi connectivity index (χ3n) is 3.45. The molecule has 1 heterocycles. The molecular weight excluding hydrogens is 312 g/mol. The molecule has 128 valence electrons. The van der Waals surface area contributed by atoms with Crippen LogP contribution in [0.15, 0.2) is 24.3 Å². The zero-order valence-electron chi connectivity index (χ0n) is 13.8. The fraction of sp³-hybridized carbons (Fsp3) is 0.353. The molecule has 7 heteroatoms. The van der Waals surface area contributed by atoms with E-state index < -0.39 is 23.6 Å². The molecule has 3 N–H and O–H groups in total. The molecule has 0 spiro atoms. The van der Waals surface area contributed by atoms with E-state index in [1.807, 2.05) is 0 Å². The first-order chi connectivity index (χ1) is 11.2. The van der Waals surface area contributed by atoms with Crippen LogP contribution in [-0.2, 0) is 20.7 Å². The largest absolute Gasteiger partial charge is 0.480 e. The van der Waals surface area contributed by atoms with Crippen molar-refractivity contribution in [3.05, 3.63) is 35.5 Å². The fourth-order valence-corrected chi connectivity index (χ4v) is 2.50. The van der Waals surface area contributed by atoms with Crippen LogP contribution in [0.25, 0.3) is 10.9 Å². The number of aliphatic carboxylic acids is 1. The number of carboxylic acids is 1. The lowest BCUT2D eigenvalue weighted by Gasteiger charge is -2.20. The van der Waals surface area contributed by atoms with Crippen LogP contribution in [0.4, 0.5) is 0 Å². The highest BCUT2D eigenvalue weighted by Gasteiger charge is 2.29. The highest BCUT2D eigenvalue weighted by atomic mass is 16.6. The second-order valence-corrected chi connectivity index (χ2v) is 6.47. The number of carboxylic acid groups (broad SMARTS) is 1. The van der Waals surface area contributed by atoms with Gasteiger partial charge in [-0.1, -0.05) is 18.2 Å². The quantitative estimate of drug-likeness (QED) is 0.635. The van der Waals surface area contributed by atoms with Crippen LogP contribution in [0.3, 0.4) is 0 Å². The van der Waals surface area contributed by atoms with Gasteiger partial charge in [0, 0.05) is 11.8 Å². The van der Waals surface area contributed by atoms with Gasteiger partial charge >= 0.3 is 11.9 Å².